The Hall–Kier alpha value is -4.28. The van der Waals surface area contributed by atoms with Gasteiger partial charge < -0.3 is 24.2 Å². The van der Waals surface area contributed by atoms with Crippen molar-refractivity contribution in [2.45, 2.75) is 91.1 Å². The molecule has 0 unspecified atom stereocenters. The van der Waals surface area contributed by atoms with Crippen molar-refractivity contribution in [2.75, 3.05) is 24.6 Å². The molecule has 1 saturated heterocycles. The highest BCUT2D eigenvalue weighted by Crippen LogP contribution is 2.40. The maximum Gasteiger partial charge on any atom is 0.337 e. The van der Waals surface area contributed by atoms with Crippen molar-refractivity contribution in [1.82, 2.24) is 14.6 Å². The Morgan fingerprint density at radius 3 is 2.54 bits per heavy atom. The van der Waals surface area contributed by atoms with Crippen LogP contribution in [0.15, 0.2) is 54.6 Å². The predicted octanol–water partition coefficient (Wildman–Crippen LogP) is 7.86. The lowest BCUT2D eigenvalue weighted by Gasteiger charge is -2.41. The molecule has 0 spiro atoms. The number of aryl methyl sites for hydroxylation is 2. The van der Waals surface area contributed by atoms with Crippen LogP contribution in [-0.4, -0.2) is 62.7 Å². The van der Waals surface area contributed by atoms with Crippen molar-refractivity contribution in [3.63, 3.8) is 0 Å². The zero-order chi connectivity index (χ0) is 34.4. The number of hydrogen-bond acceptors (Lipinski definition) is 7. The summed E-state index contributed by atoms with van der Waals surface area (Å²) >= 11 is 0. The number of nitrogens with zero attached hydrogens (tertiary/aromatic N) is 4. The number of carboxylic acids is 1. The molecule has 4 aromatic rings. The first-order chi connectivity index (χ1) is 22.7. The Kier molecular flexibility index (Phi) is 9.08. The summed E-state index contributed by atoms with van der Waals surface area (Å²) in [6, 6.07) is 13.1. The molecule has 6 bridgehead atoms. The fourth-order valence-corrected chi connectivity index (χ4v) is 6.49. The molecule has 0 radical (unpaired) electrons. The van der Waals surface area contributed by atoms with E-state index in [4.69, 9.17) is 24.3 Å². The van der Waals surface area contributed by atoms with Crippen LogP contribution in [-0.2, 0) is 14.3 Å². The van der Waals surface area contributed by atoms with Crippen LogP contribution in [0.5, 0.6) is 5.75 Å². The first kappa shape index (κ1) is 33.6. The third kappa shape index (κ3) is 6.96. The second-order valence-electron chi connectivity index (χ2n) is 14.2. The Labute approximate surface area is 281 Å². The van der Waals surface area contributed by atoms with E-state index in [0.717, 1.165) is 29.5 Å². The number of anilines is 1. The fourth-order valence-electron chi connectivity index (χ4n) is 6.49. The summed E-state index contributed by atoms with van der Waals surface area (Å²) in [4.78, 5) is 19.9. The van der Waals surface area contributed by atoms with E-state index in [9.17, 15) is 14.3 Å². The van der Waals surface area contributed by atoms with Crippen molar-refractivity contribution >= 4 is 17.4 Å². The van der Waals surface area contributed by atoms with Gasteiger partial charge in [0.2, 0.25) is 0 Å². The molecule has 0 saturated carbocycles. The summed E-state index contributed by atoms with van der Waals surface area (Å²) in [6.45, 7) is 14.9. The van der Waals surface area contributed by atoms with Crippen LogP contribution in [0.1, 0.15) is 76.8 Å². The summed E-state index contributed by atoms with van der Waals surface area (Å²) in [7, 11) is 0. The fraction of sp³-hybridized carbons (Fsp3) is 0.447. The van der Waals surface area contributed by atoms with Crippen molar-refractivity contribution in [2.24, 2.45) is 0 Å². The van der Waals surface area contributed by atoms with Gasteiger partial charge in [-0.1, -0.05) is 30.4 Å². The number of carboxylic acid groups (broad SMARTS) is 1. The number of rotatable bonds is 3. The number of aliphatic carboxylic acids is 1. The van der Waals surface area contributed by atoms with Gasteiger partial charge in [0.1, 0.15) is 17.4 Å². The minimum atomic E-state index is -1.25. The van der Waals surface area contributed by atoms with E-state index < -0.39 is 17.7 Å². The molecular weight excluding hydrogens is 611 g/mol. The summed E-state index contributed by atoms with van der Waals surface area (Å²) in [5.41, 5.74) is 4.25. The molecule has 5 heterocycles. The van der Waals surface area contributed by atoms with Crippen molar-refractivity contribution < 1.29 is 28.5 Å². The number of fused-ring (bicyclic) bond motifs is 7. The molecular formula is C38H45FN4O5. The van der Waals surface area contributed by atoms with E-state index in [0.29, 0.717) is 65.8 Å². The second kappa shape index (κ2) is 13.0. The Bertz CT molecular complexity index is 1870. The maximum atomic E-state index is 14.8. The van der Waals surface area contributed by atoms with Gasteiger partial charge >= 0.3 is 5.97 Å². The molecule has 48 heavy (non-hydrogen) atoms. The van der Waals surface area contributed by atoms with E-state index in [2.05, 4.69) is 11.8 Å². The molecule has 254 valence electrons. The molecule has 1 fully saturated rings. The first-order valence-corrected chi connectivity index (χ1v) is 16.6. The normalized spacial score (nSPS) is 21.5. The molecule has 7 rings (SSSR count). The summed E-state index contributed by atoms with van der Waals surface area (Å²) in [5.74, 6) is -0.283. The van der Waals surface area contributed by atoms with Gasteiger partial charge in [0.25, 0.3) is 0 Å². The average molecular weight is 657 g/mol. The van der Waals surface area contributed by atoms with Gasteiger partial charge in [-0.25, -0.2) is 14.2 Å². The van der Waals surface area contributed by atoms with Gasteiger partial charge in [0.15, 0.2) is 11.8 Å². The molecule has 9 nitrogen and oxygen atoms in total. The Morgan fingerprint density at radius 2 is 1.83 bits per heavy atom. The highest BCUT2D eigenvalue weighted by molar-refractivity contribution is 5.80. The Morgan fingerprint density at radius 1 is 1.10 bits per heavy atom. The second-order valence-corrected chi connectivity index (χ2v) is 14.2. The highest BCUT2D eigenvalue weighted by atomic mass is 19.1. The van der Waals surface area contributed by atoms with Gasteiger partial charge in [-0.2, -0.15) is 9.61 Å². The van der Waals surface area contributed by atoms with E-state index in [-0.39, 0.29) is 17.5 Å². The van der Waals surface area contributed by atoms with E-state index in [1.54, 1.807) is 11.4 Å². The predicted molar refractivity (Wildman–Crippen MR) is 184 cm³/mol. The topological polar surface area (TPSA) is 98.4 Å². The lowest BCUT2D eigenvalue weighted by molar-refractivity contribution is -0.160. The van der Waals surface area contributed by atoms with Crippen molar-refractivity contribution in [1.29, 1.82) is 0 Å². The quantitative estimate of drug-likeness (QED) is 0.223. The van der Waals surface area contributed by atoms with Gasteiger partial charge in [-0.3, -0.25) is 0 Å². The number of halogens is 1. The van der Waals surface area contributed by atoms with Gasteiger partial charge in [-0.15, -0.1) is 0 Å². The highest BCUT2D eigenvalue weighted by Gasteiger charge is 2.37. The van der Waals surface area contributed by atoms with Crippen LogP contribution in [0.2, 0.25) is 0 Å². The van der Waals surface area contributed by atoms with Crippen molar-refractivity contribution in [3.05, 3.63) is 77.3 Å². The van der Waals surface area contributed by atoms with E-state index in [1.807, 2.05) is 83.2 Å². The molecule has 2 atom stereocenters. The summed E-state index contributed by atoms with van der Waals surface area (Å²) < 4.78 is 35.5. The zero-order valence-corrected chi connectivity index (χ0v) is 28.8. The third-order valence-corrected chi connectivity index (χ3v) is 9.10. The molecule has 3 aliphatic rings. The minimum absolute atomic E-state index is 0.188. The molecule has 0 amide bonds. The first-order valence-electron chi connectivity index (χ1n) is 16.6. The molecule has 1 N–H and O–H groups in total. The number of benzene rings is 2. The van der Waals surface area contributed by atoms with Crippen LogP contribution < -0.4 is 9.64 Å². The molecule has 0 aliphatic carbocycles. The standard InChI is InChI=1S/C38H45FN4O5/c1-23-19-28-26-12-10-13-27(20-26)30-22-32-40-25(3)33(34(36(44)45)48-37(4,5)6)35(43(32)41-30)42-16-14-38(7,15-17-42)46-18-9-8-11-24(2)47-31(28)21-29(23)39/h8-10,12-13,19-22,24,34H,11,14-18H2,1-7H3,(H,44,45)/b9-8+/t24-,34-/m0/s1. The van der Waals surface area contributed by atoms with Crippen LogP contribution >= 0.6 is 0 Å². The Balaban J connectivity index is 1.55. The van der Waals surface area contributed by atoms with Gasteiger partial charge in [0.05, 0.1) is 35.2 Å². The van der Waals surface area contributed by atoms with Crippen LogP contribution in [0, 0.1) is 19.7 Å². The number of ether oxygens (including phenoxy) is 3. The van der Waals surface area contributed by atoms with Crippen LogP contribution in [0.4, 0.5) is 10.2 Å². The lowest BCUT2D eigenvalue weighted by atomic mass is 9.92. The summed E-state index contributed by atoms with van der Waals surface area (Å²) in [6.07, 6.45) is 4.72. The van der Waals surface area contributed by atoms with Crippen LogP contribution in [0.3, 0.4) is 0 Å². The smallest absolute Gasteiger partial charge is 0.337 e. The SMILES string of the molecule is Cc1cc2c(cc1F)O[C@@H](C)C/C=C/COC1(C)CCN(CC1)c1c([C@H](OC(C)(C)C)C(=O)O)c(C)nc3cc(nn13)-c1cccc-2c1. The largest absolute Gasteiger partial charge is 0.490 e. The molecule has 10 heteroatoms. The van der Waals surface area contributed by atoms with E-state index >= 15 is 0 Å². The van der Waals surface area contributed by atoms with Gasteiger partial charge in [-0.05, 0) is 84.6 Å². The third-order valence-electron chi connectivity index (χ3n) is 9.10. The molecule has 3 aliphatic heterocycles. The minimum Gasteiger partial charge on any atom is -0.490 e. The molecule has 2 aromatic carbocycles. The number of piperidine rings is 1. The van der Waals surface area contributed by atoms with Crippen molar-refractivity contribution in [3.8, 4) is 28.1 Å². The number of hydrogen-bond donors (Lipinski definition) is 1. The number of carbonyl (C=O) groups is 1. The average Bonchev–Trinajstić information content (AvgIpc) is 3.44. The lowest BCUT2D eigenvalue weighted by Crippen LogP contribution is -2.45. The maximum absolute atomic E-state index is 14.8. The zero-order valence-electron chi connectivity index (χ0n) is 28.8. The summed E-state index contributed by atoms with van der Waals surface area (Å²) in [5, 5.41) is 15.5. The van der Waals surface area contributed by atoms with E-state index in [1.165, 1.54) is 6.07 Å². The van der Waals surface area contributed by atoms with Gasteiger partial charge in [0, 0.05) is 48.5 Å². The molecule has 2 aromatic heterocycles. The monoisotopic (exact) mass is 656 g/mol. The number of aromatic nitrogens is 3. The van der Waals surface area contributed by atoms with Crippen LogP contribution in [0.25, 0.3) is 28.0 Å².